The van der Waals surface area contributed by atoms with Gasteiger partial charge in [0.25, 0.3) is 0 Å². The molecule has 0 saturated carbocycles. The van der Waals surface area contributed by atoms with E-state index in [1.54, 1.807) is 0 Å². The molecule has 0 aromatic heterocycles. The van der Waals surface area contributed by atoms with Crippen molar-refractivity contribution in [2.24, 2.45) is 0 Å². The van der Waals surface area contributed by atoms with E-state index in [9.17, 15) is 0 Å². The van der Waals surface area contributed by atoms with Gasteiger partial charge in [-0.1, -0.05) is 0 Å². The van der Waals surface area contributed by atoms with Gasteiger partial charge < -0.3 is 18.2 Å². The van der Waals surface area contributed by atoms with Gasteiger partial charge in [0, 0.05) is 20.8 Å². The maximum absolute atomic E-state index is 8.52. The van der Waals surface area contributed by atoms with Crippen molar-refractivity contribution in [3.8, 4) is 0 Å². The van der Waals surface area contributed by atoms with Gasteiger partial charge >= 0.3 is 98.0 Å². The van der Waals surface area contributed by atoms with Gasteiger partial charge in [-0.3, -0.25) is 16.8 Å². The quantitative estimate of drug-likeness (QED) is 0.242. The molecule has 73 valence electrons. The molecule has 13 heteroatoms. The largest absolute Gasteiger partial charge is 2.00 e. The standard InChI is InChI=1S/Cu.K.Na.2H2O4S/c;;;2*1-5(2,3)4/h;;;2*(H2,1,2,3,4)/q+2;2*+1;;/p-4. The fourth-order valence-corrected chi connectivity index (χ4v) is 0. The van der Waals surface area contributed by atoms with Crippen molar-refractivity contribution in [2.75, 3.05) is 0 Å². The molecule has 0 spiro atoms. The van der Waals surface area contributed by atoms with Crippen LogP contribution in [0, 0.1) is 0 Å². The predicted octanol–water partition coefficient (Wildman–Crippen LogP) is -8.67. The van der Waals surface area contributed by atoms with Gasteiger partial charge in [0.2, 0.25) is 0 Å². The minimum atomic E-state index is -5.17. The molecule has 0 unspecified atom stereocenters. The normalized spacial score (nSPS) is 8.92. The Morgan fingerprint density at radius 1 is 0.692 bits per heavy atom. The topological polar surface area (TPSA) is 161 Å². The maximum atomic E-state index is 8.52. The summed E-state index contributed by atoms with van der Waals surface area (Å²) in [5, 5.41) is 0. The van der Waals surface area contributed by atoms with Gasteiger partial charge in [0.1, 0.15) is 0 Å². The van der Waals surface area contributed by atoms with Crippen molar-refractivity contribution >= 4 is 20.8 Å². The first-order valence-electron chi connectivity index (χ1n) is 1.33. The van der Waals surface area contributed by atoms with Gasteiger partial charge in [-0.2, -0.15) is 0 Å². The second-order valence-electron chi connectivity index (χ2n) is 0.816. The molecule has 0 atom stereocenters. The second kappa shape index (κ2) is 13.0. The Morgan fingerprint density at radius 2 is 0.692 bits per heavy atom. The third-order valence-corrected chi connectivity index (χ3v) is 0. The van der Waals surface area contributed by atoms with Crippen molar-refractivity contribution < 1.29 is 133 Å². The molecule has 1 radical (unpaired) electrons. The first-order valence-corrected chi connectivity index (χ1v) is 4.00. The van der Waals surface area contributed by atoms with E-state index in [1.165, 1.54) is 0 Å². The van der Waals surface area contributed by atoms with Gasteiger partial charge in [-0.15, -0.1) is 0 Å². The minimum Gasteiger partial charge on any atom is -0.759 e. The van der Waals surface area contributed by atoms with Gasteiger partial charge in [-0.05, 0) is 0 Å². The van der Waals surface area contributed by atoms with Crippen LogP contribution < -0.4 is 80.9 Å². The van der Waals surface area contributed by atoms with Crippen molar-refractivity contribution in [3.63, 3.8) is 0 Å². The summed E-state index contributed by atoms with van der Waals surface area (Å²) in [4.78, 5) is 0. The second-order valence-corrected chi connectivity index (χ2v) is 2.45. The van der Waals surface area contributed by atoms with Crippen LogP contribution >= 0.6 is 0 Å². The summed E-state index contributed by atoms with van der Waals surface area (Å²) in [6.07, 6.45) is 0. The first kappa shape index (κ1) is 29.7. The molecule has 0 aliphatic rings. The van der Waals surface area contributed by atoms with E-state index in [0.29, 0.717) is 0 Å². The van der Waals surface area contributed by atoms with Crippen molar-refractivity contribution in [1.82, 2.24) is 0 Å². The Balaban J connectivity index is -0.0000000267. The minimum absolute atomic E-state index is 0. The Morgan fingerprint density at radius 3 is 0.692 bits per heavy atom. The third-order valence-electron chi connectivity index (χ3n) is 0. The first-order chi connectivity index (χ1) is 4.00. The van der Waals surface area contributed by atoms with Crippen LogP contribution in [0.25, 0.3) is 0 Å². The Labute approximate surface area is 151 Å². The van der Waals surface area contributed by atoms with Crippen molar-refractivity contribution in [3.05, 3.63) is 0 Å². The van der Waals surface area contributed by atoms with E-state index in [2.05, 4.69) is 0 Å². The van der Waals surface area contributed by atoms with E-state index in [-0.39, 0.29) is 98.0 Å². The van der Waals surface area contributed by atoms with Gasteiger partial charge in [0.05, 0.1) is 0 Å². The van der Waals surface area contributed by atoms with Gasteiger partial charge in [-0.25, -0.2) is 0 Å². The van der Waals surface area contributed by atoms with E-state index < -0.39 is 20.8 Å². The summed E-state index contributed by atoms with van der Waals surface area (Å²) < 4.78 is 68.2. The number of rotatable bonds is 0. The average molecular weight is 318 g/mol. The zero-order valence-electron chi connectivity index (χ0n) is 6.38. The fourth-order valence-electron chi connectivity index (χ4n) is 0. The molecule has 0 bridgehead atoms. The van der Waals surface area contributed by atoms with Crippen LogP contribution in [-0.2, 0) is 37.9 Å². The van der Waals surface area contributed by atoms with Crippen molar-refractivity contribution in [2.45, 2.75) is 0 Å². The van der Waals surface area contributed by atoms with E-state index in [1.807, 2.05) is 0 Å². The molecule has 0 amide bonds. The molecule has 0 aromatic rings. The van der Waals surface area contributed by atoms with E-state index in [0.717, 1.165) is 0 Å². The molecule has 13 heavy (non-hydrogen) atoms. The third kappa shape index (κ3) is 295. The average Bonchev–Trinajstić information content (AvgIpc) is 1.12. The molecule has 0 heterocycles. The van der Waals surface area contributed by atoms with E-state index in [4.69, 9.17) is 35.0 Å². The molecular weight excluding hydrogens is 318 g/mol. The summed E-state index contributed by atoms with van der Waals surface area (Å²) in [6.45, 7) is 0. The zero-order valence-corrected chi connectivity index (χ0v) is 14.1. The summed E-state index contributed by atoms with van der Waals surface area (Å²) in [6, 6.07) is 0. The molecule has 0 saturated heterocycles. The smallest absolute Gasteiger partial charge is 0.759 e. The van der Waals surface area contributed by atoms with Crippen LogP contribution in [0.15, 0.2) is 0 Å². The molecule has 0 aliphatic heterocycles. The van der Waals surface area contributed by atoms with E-state index >= 15 is 0 Å². The number of hydrogen-bond donors (Lipinski definition) is 0. The SMILES string of the molecule is O=S(=O)([O-])[O-].O=S(=O)([O-])[O-].[Cu+2].[K+].[Na+]. The van der Waals surface area contributed by atoms with Crippen molar-refractivity contribution in [1.29, 1.82) is 0 Å². The molecule has 8 nitrogen and oxygen atoms in total. The Kier molecular flexibility index (Phi) is 29.6. The molecular formula is CuKNaO8S2. The molecule has 0 aromatic carbocycles. The van der Waals surface area contributed by atoms with Crippen LogP contribution in [0.1, 0.15) is 0 Å². The number of hydrogen-bond acceptors (Lipinski definition) is 8. The van der Waals surface area contributed by atoms with Gasteiger partial charge in [0.15, 0.2) is 0 Å². The van der Waals surface area contributed by atoms with Crippen LogP contribution in [0.2, 0.25) is 0 Å². The summed E-state index contributed by atoms with van der Waals surface area (Å²) in [7, 11) is -10.3. The Bertz CT molecular complexity index is 219. The maximum Gasteiger partial charge on any atom is 2.00 e. The van der Waals surface area contributed by atoms with Crippen LogP contribution in [0.5, 0.6) is 0 Å². The predicted molar refractivity (Wildman–Crippen MR) is 20.9 cm³/mol. The molecule has 0 N–H and O–H groups in total. The summed E-state index contributed by atoms with van der Waals surface area (Å²) in [5.74, 6) is 0. The Hall–Kier alpha value is 2.90. The monoisotopic (exact) mass is 317 g/mol. The van der Waals surface area contributed by atoms with Crippen LogP contribution in [0.4, 0.5) is 0 Å². The fraction of sp³-hybridized carbons (Fsp3) is 0. The molecule has 0 rings (SSSR count). The molecule has 0 fully saturated rings. The van der Waals surface area contributed by atoms with Crippen LogP contribution in [0.3, 0.4) is 0 Å². The molecule has 0 aliphatic carbocycles. The summed E-state index contributed by atoms with van der Waals surface area (Å²) >= 11 is 0. The van der Waals surface area contributed by atoms with Crippen LogP contribution in [-0.4, -0.2) is 35.0 Å². The zero-order chi connectivity index (χ0) is 9.00. The summed E-state index contributed by atoms with van der Waals surface area (Å²) in [5.41, 5.74) is 0.